The maximum absolute atomic E-state index is 6.56. The Labute approximate surface area is 139 Å². The van der Waals surface area contributed by atoms with E-state index in [1.165, 1.54) is 5.57 Å². The molecule has 0 bridgehead atoms. The zero-order valence-corrected chi connectivity index (χ0v) is 14.3. The minimum atomic E-state index is 0.0490. The van der Waals surface area contributed by atoms with Gasteiger partial charge < -0.3 is 14.8 Å². The average molecular weight is 313 g/mol. The second-order valence-corrected chi connectivity index (χ2v) is 6.73. The highest BCUT2D eigenvalue weighted by atomic mass is 16.5. The number of benzene rings is 1. The van der Waals surface area contributed by atoms with Crippen LogP contribution < -0.4 is 10.1 Å². The highest BCUT2D eigenvalue weighted by molar-refractivity contribution is 5.37. The van der Waals surface area contributed by atoms with Crippen LogP contribution in [0.25, 0.3) is 0 Å². The zero-order valence-electron chi connectivity index (χ0n) is 14.3. The Morgan fingerprint density at radius 1 is 1.26 bits per heavy atom. The topological polar surface area (TPSA) is 30.5 Å². The Kier molecular flexibility index (Phi) is 5.06. The monoisotopic (exact) mass is 313 g/mol. The number of allylic oxidation sites excluding steroid dienone is 4. The fourth-order valence-corrected chi connectivity index (χ4v) is 3.33. The summed E-state index contributed by atoms with van der Waals surface area (Å²) in [5, 5.41) is 3.27. The number of ether oxygens (including phenoxy) is 2. The van der Waals surface area contributed by atoms with Crippen LogP contribution in [0.3, 0.4) is 0 Å². The summed E-state index contributed by atoms with van der Waals surface area (Å²) in [5.41, 5.74) is 2.59. The number of para-hydroxylation sites is 1. The summed E-state index contributed by atoms with van der Waals surface area (Å²) in [5.74, 6) is 2.83. The Morgan fingerprint density at radius 3 is 2.91 bits per heavy atom. The normalized spacial score (nSPS) is 27.2. The van der Waals surface area contributed by atoms with Gasteiger partial charge in [-0.3, -0.25) is 0 Å². The van der Waals surface area contributed by atoms with Crippen molar-refractivity contribution in [2.24, 2.45) is 11.8 Å². The van der Waals surface area contributed by atoms with Gasteiger partial charge in [-0.15, -0.1) is 0 Å². The third-order valence-corrected chi connectivity index (χ3v) is 4.83. The highest BCUT2D eigenvalue weighted by Gasteiger charge is 2.33. The van der Waals surface area contributed by atoms with Crippen LogP contribution in [-0.4, -0.2) is 20.2 Å². The molecule has 0 spiro atoms. The van der Waals surface area contributed by atoms with Gasteiger partial charge in [-0.2, -0.15) is 0 Å². The van der Waals surface area contributed by atoms with Crippen molar-refractivity contribution in [3.05, 3.63) is 53.3 Å². The van der Waals surface area contributed by atoms with E-state index in [1.54, 1.807) is 0 Å². The number of fused-ring (bicyclic) bond motifs is 1. The Hall–Kier alpha value is -1.74. The highest BCUT2D eigenvalue weighted by Crippen LogP contribution is 2.40. The van der Waals surface area contributed by atoms with Crippen LogP contribution in [0.15, 0.2) is 47.7 Å². The maximum atomic E-state index is 6.56. The van der Waals surface area contributed by atoms with E-state index in [0.717, 1.165) is 36.5 Å². The van der Waals surface area contributed by atoms with Gasteiger partial charge in [0.05, 0.1) is 12.4 Å². The first-order valence-electron chi connectivity index (χ1n) is 8.59. The Balaban J connectivity index is 1.88. The summed E-state index contributed by atoms with van der Waals surface area (Å²) in [6, 6.07) is 8.25. The number of nitrogens with one attached hydrogen (secondary N) is 1. The zero-order chi connectivity index (χ0) is 16.2. The molecule has 3 unspecified atom stereocenters. The first-order valence-corrected chi connectivity index (χ1v) is 8.59. The molecular formula is C20H27NO2. The summed E-state index contributed by atoms with van der Waals surface area (Å²) >= 11 is 0. The molecule has 2 aliphatic rings. The first-order chi connectivity index (χ1) is 11.2. The molecule has 3 nitrogen and oxygen atoms in total. The molecule has 1 aliphatic carbocycles. The summed E-state index contributed by atoms with van der Waals surface area (Å²) < 4.78 is 12.5. The third-order valence-electron chi connectivity index (χ3n) is 4.83. The van der Waals surface area contributed by atoms with E-state index in [2.05, 4.69) is 43.4 Å². The van der Waals surface area contributed by atoms with Crippen LogP contribution in [0, 0.1) is 11.8 Å². The molecule has 0 fully saturated rings. The smallest absolute Gasteiger partial charge is 0.134 e. The van der Waals surface area contributed by atoms with E-state index in [9.17, 15) is 0 Å². The summed E-state index contributed by atoms with van der Waals surface area (Å²) in [7, 11) is 1.98. The van der Waals surface area contributed by atoms with Crippen LogP contribution in [0.2, 0.25) is 0 Å². The molecule has 23 heavy (non-hydrogen) atoms. The van der Waals surface area contributed by atoms with Crippen LogP contribution >= 0.6 is 0 Å². The van der Waals surface area contributed by atoms with Gasteiger partial charge in [0, 0.05) is 23.9 Å². The second-order valence-electron chi connectivity index (χ2n) is 6.73. The van der Waals surface area contributed by atoms with Gasteiger partial charge >= 0.3 is 0 Å². The second kappa shape index (κ2) is 7.22. The van der Waals surface area contributed by atoms with Crippen LogP contribution in [0.1, 0.15) is 38.4 Å². The molecule has 3 atom stereocenters. The molecule has 0 saturated carbocycles. The Bertz CT molecular complexity index is 605. The molecule has 3 heteroatoms. The van der Waals surface area contributed by atoms with E-state index in [1.807, 2.05) is 19.2 Å². The molecule has 0 amide bonds. The minimum Gasteiger partial charge on any atom is -0.493 e. The van der Waals surface area contributed by atoms with E-state index < -0.39 is 0 Å². The Morgan fingerprint density at radius 2 is 2.09 bits per heavy atom. The fourth-order valence-electron chi connectivity index (χ4n) is 3.33. The summed E-state index contributed by atoms with van der Waals surface area (Å²) in [6.07, 6.45) is 6.72. The molecule has 1 aromatic carbocycles. The molecule has 1 aliphatic heterocycles. The van der Waals surface area contributed by atoms with Crippen molar-refractivity contribution >= 4 is 0 Å². The van der Waals surface area contributed by atoms with Crippen molar-refractivity contribution in [1.29, 1.82) is 0 Å². The molecule has 1 heterocycles. The average Bonchev–Trinajstić information content (AvgIpc) is 2.72. The minimum absolute atomic E-state index is 0.0490. The molecule has 124 valence electrons. The van der Waals surface area contributed by atoms with Crippen LogP contribution in [-0.2, 0) is 4.74 Å². The van der Waals surface area contributed by atoms with Crippen molar-refractivity contribution < 1.29 is 9.47 Å². The summed E-state index contributed by atoms with van der Waals surface area (Å²) in [6.45, 7) is 6.03. The largest absolute Gasteiger partial charge is 0.493 e. The van der Waals surface area contributed by atoms with E-state index >= 15 is 0 Å². The van der Waals surface area contributed by atoms with Gasteiger partial charge in [0.15, 0.2) is 0 Å². The lowest BCUT2D eigenvalue weighted by Crippen LogP contribution is -2.34. The van der Waals surface area contributed by atoms with Gasteiger partial charge in [0.1, 0.15) is 11.9 Å². The van der Waals surface area contributed by atoms with Gasteiger partial charge in [0.25, 0.3) is 0 Å². The van der Waals surface area contributed by atoms with Gasteiger partial charge in [-0.1, -0.05) is 36.8 Å². The van der Waals surface area contributed by atoms with Crippen molar-refractivity contribution in [3.8, 4) is 5.75 Å². The number of rotatable bonds is 4. The maximum Gasteiger partial charge on any atom is 0.134 e. The lowest BCUT2D eigenvalue weighted by Gasteiger charge is -2.35. The number of hydrogen-bond acceptors (Lipinski definition) is 3. The van der Waals surface area contributed by atoms with E-state index in [0.29, 0.717) is 18.4 Å². The van der Waals surface area contributed by atoms with Gasteiger partial charge in [-0.25, -0.2) is 0 Å². The lowest BCUT2D eigenvalue weighted by atomic mass is 9.92. The predicted octanol–water partition coefficient (Wildman–Crippen LogP) is 4.23. The third kappa shape index (κ3) is 3.61. The number of hydrogen-bond donors (Lipinski definition) is 1. The van der Waals surface area contributed by atoms with Crippen molar-refractivity contribution in [1.82, 2.24) is 5.32 Å². The molecule has 0 saturated heterocycles. The standard InChI is InChI=1S/C20H27NO2/c1-14-8-10-15(2)18(11-9-14)23-20-16(12-21-3)13-22-19-7-5-4-6-17(19)20/h4-7,9,11,15-16,20-21H,8,10,12-13H2,1-3H3. The molecule has 0 aromatic heterocycles. The summed E-state index contributed by atoms with van der Waals surface area (Å²) in [4.78, 5) is 0. The molecule has 0 radical (unpaired) electrons. The quantitative estimate of drug-likeness (QED) is 0.902. The van der Waals surface area contributed by atoms with Crippen molar-refractivity contribution in [3.63, 3.8) is 0 Å². The predicted molar refractivity (Wildman–Crippen MR) is 93.4 cm³/mol. The fraction of sp³-hybridized carbons (Fsp3) is 0.500. The van der Waals surface area contributed by atoms with Crippen molar-refractivity contribution in [2.45, 2.75) is 32.8 Å². The molecule has 1 N–H and O–H groups in total. The van der Waals surface area contributed by atoms with Crippen LogP contribution in [0.5, 0.6) is 5.75 Å². The first kappa shape index (κ1) is 16.1. The van der Waals surface area contributed by atoms with E-state index in [-0.39, 0.29) is 6.10 Å². The lowest BCUT2D eigenvalue weighted by molar-refractivity contribution is 0.0104. The SMILES string of the molecule is CNCC1COc2ccccc2C1OC1=CC=C(C)CCC1C. The van der Waals surface area contributed by atoms with Gasteiger partial charge in [-0.05, 0) is 39.0 Å². The molecule has 3 rings (SSSR count). The molecular weight excluding hydrogens is 286 g/mol. The van der Waals surface area contributed by atoms with Crippen molar-refractivity contribution in [2.75, 3.05) is 20.2 Å². The van der Waals surface area contributed by atoms with E-state index in [4.69, 9.17) is 9.47 Å². The molecule has 1 aromatic rings. The van der Waals surface area contributed by atoms with Crippen LogP contribution in [0.4, 0.5) is 0 Å². The van der Waals surface area contributed by atoms with Gasteiger partial charge in [0.2, 0.25) is 0 Å².